The minimum absolute atomic E-state index is 0.673. The van der Waals surface area contributed by atoms with E-state index in [4.69, 9.17) is 10.5 Å². The zero-order chi connectivity index (χ0) is 13.2. The lowest BCUT2D eigenvalue weighted by Gasteiger charge is -2.21. The molecule has 0 spiro atoms. The zero-order valence-electron chi connectivity index (χ0n) is 11.4. The molecule has 0 aliphatic heterocycles. The number of benzene rings is 1. The normalized spacial score (nSPS) is 16.9. The molecule has 19 heavy (non-hydrogen) atoms. The third-order valence-electron chi connectivity index (χ3n) is 4.15. The molecule has 1 aromatic heterocycles. The van der Waals surface area contributed by atoms with Gasteiger partial charge in [0.05, 0.1) is 24.5 Å². The molecule has 1 fully saturated rings. The number of fused-ring (bicyclic) bond motifs is 1. The number of hydrogen-bond acceptors (Lipinski definition) is 3. The minimum atomic E-state index is 0.673. The molecule has 0 bridgehead atoms. The first-order chi connectivity index (χ1) is 9.28. The molecule has 0 radical (unpaired) electrons. The van der Waals surface area contributed by atoms with Gasteiger partial charge in [-0.2, -0.15) is 5.10 Å². The molecule has 3 rings (SSSR count). The summed E-state index contributed by atoms with van der Waals surface area (Å²) in [4.78, 5) is 0. The molecule has 1 aliphatic rings. The Morgan fingerprint density at radius 2 is 2.11 bits per heavy atom. The molecule has 1 heterocycles. The predicted molar refractivity (Wildman–Crippen MR) is 77.3 cm³/mol. The first-order valence-corrected chi connectivity index (χ1v) is 7.07. The van der Waals surface area contributed by atoms with Gasteiger partial charge in [0.2, 0.25) is 0 Å². The maximum Gasteiger partial charge on any atom is 0.143 e. The van der Waals surface area contributed by atoms with Crippen LogP contribution in [0.4, 0.5) is 5.69 Å². The Morgan fingerprint density at radius 1 is 1.32 bits per heavy atom. The van der Waals surface area contributed by atoms with E-state index in [0.717, 1.165) is 29.1 Å². The largest absolute Gasteiger partial charge is 0.495 e. The van der Waals surface area contributed by atoms with Gasteiger partial charge in [0.15, 0.2) is 0 Å². The topological polar surface area (TPSA) is 53.1 Å². The highest BCUT2D eigenvalue weighted by atomic mass is 16.5. The number of nitrogens with two attached hydrogens (primary N) is 1. The van der Waals surface area contributed by atoms with Gasteiger partial charge >= 0.3 is 0 Å². The fourth-order valence-electron chi connectivity index (χ4n) is 3.06. The summed E-state index contributed by atoms with van der Waals surface area (Å²) in [7, 11) is 1.65. The number of anilines is 1. The summed E-state index contributed by atoms with van der Waals surface area (Å²) in [5.74, 6) is 1.50. The lowest BCUT2D eigenvalue weighted by Crippen LogP contribution is -2.14. The molecule has 0 atom stereocenters. The molecule has 4 nitrogen and oxygen atoms in total. The summed E-state index contributed by atoms with van der Waals surface area (Å²) >= 11 is 0. The Hall–Kier alpha value is -1.71. The number of hydrogen-bond donors (Lipinski definition) is 1. The van der Waals surface area contributed by atoms with Gasteiger partial charge in [-0.05, 0) is 24.8 Å². The van der Waals surface area contributed by atoms with Gasteiger partial charge in [0.1, 0.15) is 5.75 Å². The van der Waals surface area contributed by atoms with Crippen LogP contribution in [0, 0.1) is 5.92 Å². The lowest BCUT2D eigenvalue weighted by atomic mass is 9.89. The molecule has 1 aliphatic carbocycles. The Balaban J connectivity index is 1.90. The summed E-state index contributed by atoms with van der Waals surface area (Å²) in [6, 6.07) is 3.94. The third kappa shape index (κ3) is 2.39. The standard InChI is InChI=1S/C15H21N3O/c1-19-15-8-14-12(7-13(15)16)9-17-18(14)10-11-5-3-2-4-6-11/h7-9,11H,2-6,10,16H2,1H3. The van der Waals surface area contributed by atoms with Crippen molar-refractivity contribution in [3.63, 3.8) is 0 Å². The summed E-state index contributed by atoms with van der Waals surface area (Å²) in [6.45, 7) is 1.01. The number of nitrogen functional groups attached to an aromatic ring is 1. The molecule has 0 unspecified atom stereocenters. The van der Waals surface area contributed by atoms with E-state index in [2.05, 4.69) is 9.78 Å². The second kappa shape index (κ2) is 5.11. The Bertz CT molecular complexity index is 570. The predicted octanol–water partition coefficient (Wildman–Crippen LogP) is 3.21. The summed E-state index contributed by atoms with van der Waals surface area (Å²) in [6.07, 6.45) is 8.66. The number of rotatable bonds is 3. The monoisotopic (exact) mass is 259 g/mol. The fraction of sp³-hybridized carbons (Fsp3) is 0.533. The second-order valence-corrected chi connectivity index (χ2v) is 5.48. The van der Waals surface area contributed by atoms with Crippen molar-refractivity contribution in [1.82, 2.24) is 9.78 Å². The number of aromatic nitrogens is 2. The molecule has 0 saturated heterocycles. The Labute approximate surface area is 113 Å². The molecule has 2 aromatic rings. The van der Waals surface area contributed by atoms with Crippen LogP contribution in [0.5, 0.6) is 5.75 Å². The average molecular weight is 259 g/mol. The van der Waals surface area contributed by atoms with Crippen LogP contribution in [0.2, 0.25) is 0 Å². The maximum absolute atomic E-state index is 5.93. The van der Waals surface area contributed by atoms with Crippen molar-refractivity contribution in [2.75, 3.05) is 12.8 Å². The van der Waals surface area contributed by atoms with E-state index >= 15 is 0 Å². The van der Waals surface area contributed by atoms with Gasteiger partial charge < -0.3 is 10.5 Å². The van der Waals surface area contributed by atoms with Crippen LogP contribution in [0.15, 0.2) is 18.3 Å². The molecule has 2 N–H and O–H groups in total. The van der Waals surface area contributed by atoms with Crippen molar-refractivity contribution < 1.29 is 4.74 Å². The highest BCUT2D eigenvalue weighted by Gasteiger charge is 2.16. The van der Waals surface area contributed by atoms with E-state index in [1.807, 2.05) is 18.3 Å². The van der Waals surface area contributed by atoms with E-state index in [1.54, 1.807) is 7.11 Å². The minimum Gasteiger partial charge on any atom is -0.495 e. The summed E-state index contributed by atoms with van der Waals surface area (Å²) < 4.78 is 7.41. The van der Waals surface area contributed by atoms with Gasteiger partial charge in [-0.3, -0.25) is 4.68 Å². The van der Waals surface area contributed by atoms with Crippen molar-refractivity contribution in [2.45, 2.75) is 38.6 Å². The van der Waals surface area contributed by atoms with Crippen LogP contribution < -0.4 is 10.5 Å². The fourth-order valence-corrected chi connectivity index (χ4v) is 3.06. The van der Waals surface area contributed by atoms with Crippen molar-refractivity contribution in [3.05, 3.63) is 18.3 Å². The van der Waals surface area contributed by atoms with E-state index in [9.17, 15) is 0 Å². The summed E-state index contributed by atoms with van der Waals surface area (Å²) in [5.41, 5.74) is 7.72. The van der Waals surface area contributed by atoms with Gasteiger partial charge in [-0.15, -0.1) is 0 Å². The van der Waals surface area contributed by atoms with Crippen LogP contribution in [0.3, 0.4) is 0 Å². The van der Waals surface area contributed by atoms with E-state index in [1.165, 1.54) is 32.1 Å². The number of methoxy groups -OCH3 is 1. The van der Waals surface area contributed by atoms with E-state index < -0.39 is 0 Å². The third-order valence-corrected chi connectivity index (χ3v) is 4.15. The van der Waals surface area contributed by atoms with Crippen LogP contribution in [0.1, 0.15) is 32.1 Å². The molecular formula is C15H21N3O. The molecule has 102 valence electrons. The molecule has 1 saturated carbocycles. The van der Waals surface area contributed by atoms with E-state index in [0.29, 0.717) is 5.69 Å². The molecule has 0 amide bonds. The average Bonchev–Trinajstić information content (AvgIpc) is 2.81. The van der Waals surface area contributed by atoms with Crippen LogP contribution in [-0.2, 0) is 6.54 Å². The maximum atomic E-state index is 5.93. The van der Waals surface area contributed by atoms with Gasteiger partial charge in [0.25, 0.3) is 0 Å². The van der Waals surface area contributed by atoms with Crippen molar-refractivity contribution >= 4 is 16.6 Å². The van der Waals surface area contributed by atoms with Gasteiger partial charge in [-0.25, -0.2) is 0 Å². The van der Waals surface area contributed by atoms with Crippen LogP contribution in [-0.4, -0.2) is 16.9 Å². The molecular weight excluding hydrogens is 238 g/mol. The highest BCUT2D eigenvalue weighted by molar-refractivity contribution is 5.85. The van der Waals surface area contributed by atoms with Gasteiger partial charge in [-0.1, -0.05) is 19.3 Å². The number of ether oxygens (including phenoxy) is 1. The van der Waals surface area contributed by atoms with Gasteiger partial charge in [0, 0.05) is 18.0 Å². The van der Waals surface area contributed by atoms with Crippen LogP contribution >= 0.6 is 0 Å². The zero-order valence-corrected chi connectivity index (χ0v) is 11.4. The number of nitrogens with zero attached hydrogens (tertiary/aromatic N) is 2. The smallest absolute Gasteiger partial charge is 0.143 e. The van der Waals surface area contributed by atoms with Crippen molar-refractivity contribution in [3.8, 4) is 5.75 Å². The molecule has 4 heteroatoms. The Kier molecular flexibility index (Phi) is 3.32. The Morgan fingerprint density at radius 3 is 2.84 bits per heavy atom. The highest BCUT2D eigenvalue weighted by Crippen LogP contribution is 2.30. The van der Waals surface area contributed by atoms with E-state index in [-0.39, 0.29) is 0 Å². The second-order valence-electron chi connectivity index (χ2n) is 5.48. The van der Waals surface area contributed by atoms with Crippen LogP contribution in [0.25, 0.3) is 10.9 Å². The quantitative estimate of drug-likeness (QED) is 0.861. The lowest BCUT2D eigenvalue weighted by molar-refractivity contribution is 0.312. The molecule has 1 aromatic carbocycles. The first kappa shape index (κ1) is 12.3. The van der Waals surface area contributed by atoms with Crippen molar-refractivity contribution in [2.24, 2.45) is 5.92 Å². The van der Waals surface area contributed by atoms with Crippen molar-refractivity contribution in [1.29, 1.82) is 0 Å². The first-order valence-electron chi connectivity index (χ1n) is 7.07. The summed E-state index contributed by atoms with van der Waals surface area (Å²) in [5, 5.41) is 5.60. The SMILES string of the molecule is COc1cc2c(cnn2CC2CCCCC2)cc1N.